The van der Waals surface area contributed by atoms with E-state index in [1.165, 1.54) is 25.7 Å². The number of carbonyl (C=O) groups is 1. The summed E-state index contributed by atoms with van der Waals surface area (Å²) < 4.78 is 0. The molecule has 1 amide bonds. The molecule has 0 spiro atoms. The van der Waals surface area contributed by atoms with Crippen LogP contribution in [0, 0.1) is 11.3 Å². The van der Waals surface area contributed by atoms with Gasteiger partial charge in [-0.15, -0.1) is 0 Å². The van der Waals surface area contributed by atoms with E-state index in [1.807, 2.05) is 11.9 Å². The fourth-order valence-electron chi connectivity index (χ4n) is 3.76. The number of carbonyl (C=O) groups excluding carboxylic acids is 1. The molecule has 0 aromatic carbocycles. The molecule has 20 heavy (non-hydrogen) atoms. The molecule has 2 aliphatic carbocycles. The summed E-state index contributed by atoms with van der Waals surface area (Å²) in [5, 5.41) is 0. The largest absolute Gasteiger partial charge is 0.343 e. The van der Waals surface area contributed by atoms with Gasteiger partial charge in [-0.2, -0.15) is 0 Å². The maximum atomic E-state index is 12.4. The van der Waals surface area contributed by atoms with Crippen molar-refractivity contribution < 1.29 is 4.79 Å². The zero-order chi connectivity index (χ0) is 14.8. The van der Waals surface area contributed by atoms with Crippen LogP contribution < -0.4 is 5.73 Å². The summed E-state index contributed by atoms with van der Waals surface area (Å²) in [5.74, 6) is 0.931. The highest BCUT2D eigenvalue weighted by Gasteiger charge is 2.31. The Morgan fingerprint density at radius 3 is 2.20 bits per heavy atom. The molecule has 0 aromatic heterocycles. The Morgan fingerprint density at radius 1 is 1.10 bits per heavy atom. The van der Waals surface area contributed by atoms with Crippen LogP contribution in [0.5, 0.6) is 0 Å². The molecule has 2 N–H and O–H groups in total. The van der Waals surface area contributed by atoms with Gasteiger partial charge >= 0.3 is 0 Å². The molecule has 0 bridgehead atoms. The third kappa shape index (κ3) is 4.21. The number of amides is 1. The van der Waals surface area contributed by atoms with E-state index in [-0.39, 0.29) is 0 Å². The molecule has 0 aliphatic heterocycles. The zero-order valence-electron chi connectivity index (χ0n) is 13.5. The van der Waals surface area contributed by atoms with Crippen molar-refractivity contribution in [2.24, 2.45) is 17.1 Å². The van der Waals surface area contributed by atoms with Crippen molar-refractivity contribution in [1.29, 1.82) is 0 Å². The van der Waals surface area contributed by atoms with Gasteiger partial charge in [0.15, 0.2) is 0 Å². The summed E-state index contributed by atoms with van der Waals surface area (Å²) in [7, 11) is 2.01. The van der Waals surface area contributed by atoms with Crippen molar-refractivity contribution in [2.75, 3.05) is 7.05 Å². The molecular formula is C17H32N2O. The number of rotatable bonds is 3. The van der Waals surface area contributed by atoms with Crippen LogP contribution in [-0.2, 0) is 4.79 Å². The summed E-state index contributed by atoms with van der Waals surface area (Å²) in [5.41, 5.74) is 6.41. The lowest BCUT2D eigenvalue weighted by molar-refractivity contribution is -0.134. The highest BCUT2D eigenvalue weighted by Crippen LogP contribution is 2.37. The molecule has 2 aliphatic rings. The Kier molecular flexibility index (Phi) is 5.11. The van der Waals surface area contributed by atoms with Gasteiger partial charge in [-0.25, -0.2) is 0 Å². The number of hydrogen-bond acceptors (Lipinski definition) is 2. The lowest BCUT2D eigenvalue weighted by Gasteiger charge is -2.39. The van der Waals surface area contributed by atoms with Gasteiger partial charge in [-0.1, -0.05) is 13.8 Å². The monoisotopic (exact) mass is 280 g/mol. The predicted octanol–water partition coefficient (Wildman–Crippen LogP) is 3.32. The van der Waals surface area contributed by atoms with E-state index in [0.717, 1.165) is 32.1 Å². The van der Waals surface area contributed by atoms with Gasteiger partial charge < -0.3 is 10.6 Å². The number of nitrogens with zero attached hydrogens (tertiary/aromatic N) is 1. The van der Waals surface area contributed by atoms with Gasteiger partial charge in [0.25, 0.3) is 0 Å². The molecule has 0 aromatic rings. The summed E-state index contributed by atoms with van der Waals surface area (Å²) in [6.45, 7) is 4.69. The Morgan fingerprint density at radius 2 is 1.65 bits per heavy atom. The van der Waals surface area contributed by atoms with E-state index in [0.29, 0.717) is 29.3 Å². The second-order valence-electron chi connectivity index (χ2n) is 7.88. The predicted molar refractivity (Wildman–Crippen MR) is 83.4 cm³/mol. The zero-order valence-corrected chi connectivity index (χ0v) is 13.5. The highest BCUT2D eigenvalue weighted by atomic mass is 16.2. The molecule has 0 unspecified atom stereocenters. The SMILES string of the molecule is CN(C(=O)CC1CCC(N)CC1)C1CCC(C)(C)CC1. The van der Waals surface area contributed by atoms with Gasteiger partial charge in [0, 0.05) is 25.6 Å². The summed E-state index contributed by atoms with van der Waals surface area (Å²) in [4.78, 5) is 14.5. The molecule has 116 valence electrons. The third-order valence-corrected chi connectivity index (χ3v) is 5.60. The van der Waals surface area contributed by atoms with Crippen LogP contribution in [0.4, 0.5) is 0 Å². The van der Waals surface area contributed by atoms with E-state index >= 15 is 0 Å². The van der Waals surface area contributed by atoms with E-state index in [2.05, 4.69) is 13.8 Å². The molecule has 0 heterocycles. The van der Waals surface area contributed by atoms with Crippen LogP contribution in [0.15, 0.2) is 0 Å². The first-order valence-corrected chi connectivity index (χ1v) is 8.38. The Balaban J connectivity index is 1.77. The van der Waals surface area contributed by atoms with Gasteiger partial charge in [0.05, 0.1) is 0 Å². The van der Waals surface area contributed by atoms with Crippen LogP contribution >= 0.6 is 0 Å². The van der Waals surface area contributed by atoms with Crippen LogP contribution in [0.1, 0.15) is 71.6 Å². The van der Waals surface area contributed by atoms with Gasteiger partial charge in [0.2, 0.25) is 5.91 Å². The van der Waals surface area contributed by atoms with Crippen LogP contribution in [0.25, 0.3) is 0 Å². The Bertz CT molecular complexity index is 322. The van der Waals surface area contributed by atoms with Crippen LogP contribution in [0.3, 0.4) is 0 Å². The van der Waals surface area contributed by atoms with Crippen molar-refractivity contribution in [3.63, 3.8) is 0 Å². The molecular weight excluding hydrogens is 248 g/mol. The highest BCUT2D eigenvalue weighted by molar-refractivity contribution is 5.76. The smallest absolute Gasteiger partial charge is 0.222 e. The van der Waals surface area contributed by atoms with Crippen molar-refractivity contribution in [3.8, 4) is 0 Å². The average molecular weight is 280 g/mol. The second-order valence-corrected chi connectivity index (χ2v) is 7.88. The molecule has 0 saturated heterocycles. The first-order valence-electron chi connectivity index (χ1n) is 8.38. The normalized spacial score (nSPS) is 31.0. The summed E-state index contributed by atoms with van der Waals surface area (Å²) in [6, 6.07) is 0.848. The lowest BCUT2D eigenvalue weighted by Crippen LogP contribution is -2.41. The lowest BCUT2D eigenvalue weighted by atomic mass is 9.75. The van der Waals surface area contributed by atoms with Crippen molar-refractivity contribution in [2.45, 2.75) is 83.7 Å². The fraction of sp³-hybridized carbons (Fsp3) is 0.941. The minimum Gasteiger partial charge on any atom is -0.343 e. The number of hydrogen-bond donors (Lipinski definition) is 1. The summed E-state index contributed by atoms with van der Waals surface area (Å²) >= 11 is 0. The number of nitrogens with two attached hydrogens (primary N) is 1. The molecule has 2 rings (SSSR count). The van der Waals surface area contributed by atoms with Crippen molar-refractivity contribution in [3.05, 3.63) is 0 Å². The molecule has 2 fully saturated rings. The Hall–Kier alpha value is -0.570. The topological polar surface area (TPSA) is 46.3 Å². The van der Waals surface area contributed by atoms with Crippen molar-refractivity contribution in [1.82, 2.24) is 4.90 Å². The van der Waals surface area contributed by atoms with E-state index in [1.54, 1.807) is 0 Å². The summed E-state index contributed by atoms with van der Waals surface area (Å²) in [6.07, 6.45) is 10.0. The first-order chi connectivity index (χ1) is 9.37. The van der Waals surface area contributed by atoms with Crippen LogP contribution in [-0.4, -0.2) is 29.9 Å². The minimum atomic E-state index is 0.357. The second kappa shape index (κ2) is 6.46. The Labute approximate surface area is 124 Å². The quantitative estimate of drug-likeness (QED) is 0.862. The maximum absolute atomic E-state index is 12.4. The molecule has 3 nitrogen and oxygen atoms in total. The van der Waals surface area contributed by atoms with Gasteiger partial charge in [-0.05, 0) is 62.7 Å². The molecule has 2 saturated carbocycles. The molecule has 0 atom stereocenters. The van der Waals surface area contributed by atoms with Crippen LogP contribution in [0.2, 0.25) is 0 Å². The standard InChI is InChI=1S/C17H32N2O/c1-17(2)10-8-15(9-11-17)19(3)16(20)12-13-4-6-14(18)7-5-13/h13-15H,4-12,18H2,1-3H3. The molecule has 3 heteroatoms. The first kappa shape index (κ1) is 15.8. The molecule has 0 radical (unpaired) electrons. The third-order valence-electron chi connectivity index (χ3n) is 5.60. The van der Waals surface area contributed by atoms with E-state index in [4.69, 9.17) is 5.73 Å². The van der Waals surface area contributed by atoms with E-state index in [9.17, 15) is 4.79 Å². The van der Waals surface area contributed by atoms with Crippen molar-refractivity contribution >= 4 is 5.91 Å². The van der Waals surface area contributed by atoms with Gasteiger partial charge in [0.1, 0.15) is 0 Å². The fourth-order valence-corrected chi connectivity index (χ4v) is 3.76. The van der Waals surface area contributed by atoms with E-state index < -0.39 is 0 Å². The average Bonchev–Trinajstić information content (AvgIpc) is 2.40. The van der Waals surface area contributed by atoms with Gasteiger partial charge in [-0.3, -0.25) is 4.79 Å². The maximum Gasteiger partial charge on any atom is 0.222 e. The minimum absolute atomic E-state index is 0.357.